The Balaban J connectivity index is 2.76. The predicted octanol–water partition coefficient (Wildman–Crippen LogP) is 2.21. The summed E-state index contributed by atoms with van der Waals surface area (Å²) in [6.45, 7) is 4.88. The second kappa shape index (κ2) is 4.91. The summed E-state index contributed by atoms with van der Waals surface area (Å²) < 4.78 is 0. The van der Waals surface area contributed by atoms with E-state index in [1.807, 2.05) is 49.2 Å². The fourth-order valence-electron chi connectivity index (χ4n) is 1.32. The first-order valence-corrected chi connectivity index (χ1v) is 4.96. The third-order valence-electron chi connectivity index (χ3n) is 2.60. The summed E-state index contributed by atoms with van der Waals surface area (Å²) in [5.74, 6) is 0.190. The predicted molar refractivity (Wildman–Crippen MR) is 58.5 cm³/mol. The molecule has 2 nitrogen and oxygen atoms in total. The minimum Gasteiger partial charge on any atom is -0.297 e. The molecule has 0 saturated carbocycles. The Bertz CT molecular complexity index is 294. The van der Waals surface area contributed by atoms with Crippen LogP contribution >= 0.6 is 0 Å². The van der Waals surface area contributed by atoms with E-state index in [1.165, 1.54) is 0 Å². The summed E-state index contributed by atoms with van der Waals surface area (Å²) in [7, 11) is 1.96. The molecule has 1 rings (SSSR count). The van der Waals surface area contributed by atoms with Gasteiger partial charge in [0.05, 0.1) is 6.04 Å². The maximum atomic E-state index is 11.9. The molecular weight excluding hydrogens is 174 g/mol. The number of carbonyl (C=O) groups is 1. The first kappa shape index (κ1) is 10.9. The van der Waals surface area contributed by atoms with E-state index in [0.29, 0.717) is 0 Å². The van der Waals surface area contributed by atoms with Crippen molar-refractivity contribution in [2.45, 2.75) is 19.9 Å². The maximum Gasteiger partial charge on any atom is 0.179 e. The van der Waals surface area contributed by atoms with Gasteiger partial charge in [0.15, 0.2) is 5.78 Å². The van der Waals surface area contributed by atoms with Gasteiger partial charge in [-0.25, -0.2) is 0 Å². The van der Waals surface area contributed by atoms with E-state index < -0.39 is 0 Å². The zero-order valence-corrected chi connectivity index (χ0v) is 9.03. The number of ketones is 1. The van der Waals surface area contributed by atoms with Gasteiger partial charge in [0.2, 0.25) is 0 Å². The highest BCUT2D eigenvalue weighted by Gasteiger charge is 2.17. The summed E-state index contributed by atoms with van der Waals surface area (Å²) in [6.07, 6.45) is 0. The SMILES string of the molecule is CCN(C)[C@H](C)C(=O)c1ccccc1. The molecule has 14 heavy (non-hydrogen) atoms. The van der Waals surface area contributed by atoms with Crippen LogP contribution in [0.1, 0.15) is 24.2 Å². The van der Waals surface area contributed by atoms with E-state index in [9.17, 15) is 4.79 Å². The molecule has 1 aromatic rings. The highest BCUT2D eigenvalue weighted by atomic mass is 16.1. The van der Waals surface area contributed by atoms with E-state index >= 15 is 0 Å². The molecule has 0 bridgehead atoms. The highest BCUT2D eigenvalue weighted by molar-refractivity contribution is 5.99. The van der Waals surface area contributed by atoms with Gasteiger partial charge >= 0.3 is 0 Å². The summed E-state index contributed by atoms with van der Waals surface area (Å²) in [5.41, 5.74) is 0.792. The molecule has 1 atom stereocenters. The molecule has 1 aromatic carbocycles. The number of hydrogen-bond acceptors (Lipinski definition) is 2. The fraction of sp³-hybridized carbons (Fsp3) is 0.417. The molecule has 2 heteroatoms. The Morgan fingerprint density at radius 1 is 1.36 bits per heavy atom. The Morgan fingerprint density at radius 2 is 1.93 bits per heavy atom. The zero-order chi connectivity index (χ0) is 10.6. The number of hydrogen-bond donors (Lipinski definition) is 0. The van der Waals surface area contributed by atoms with Gasteiger partial charge in [0.25, 0.3) is 0 Å². The van der Waals surface area contributed by atoms with E-state index in [4.69, 9.17) is 0 Å². The Morgan fingerprint density at radius 3 is 2.43 bits per heavy atom. The van der Waals surface area contributed by atoms with Crippen LogP contribution in [-0.4, -0.2) is 30.3 Å². The van der Waals surface area contributed by atoms with Crippen LogP contribution in [0.4, 0.5) is 0 Å². The van der Waals surface area contributed by atoms with E-state index in [0.717, 1.165) is 12.1 Å². The third-order valence-corrected chi connectivity index (χ3v) is 2.60. The lowest BCUT2D eigenvalue weighted by Gasteiger charge is -2.21. The number of Topliss-reactive ketones (excluding diaryl/α,β-unsaturated/α-hetero) is 1. The molecule has 0 aromatic heterocycles. The fourth-order valence-corrected chi connectivity index (χ4v) is 1.32. The van der Waals surface area contributed by atoms with E-state index in [1.54, 1.807) is 0 Å². The average molecular weight is 191 g/mol. The van der Waals surface area contributed by atoms with Crippen LogP contribution in [0.5, 0.6) is 0 Å². The first-order chi connectivity index (χ1) is 6.66. The van der Waals surface area contributed by atoms with Gasteiger partial charge in [-0.05, 0) is 20.5 Å². The molecule has 0 fully saturated rings. The molecule has 0 aliphatic heterocycles. The smallest absolute Gasteiger partial charge is 0.179 e. The summed E-state index contributed by atoms with van der Waals surface area (Å²) in [6, 6.07) is 9.40. The molecule has 0 aliphatic rings. The van der Waals surface area contributed by atoms with Gasteiger partial charge in [-0.1, -0.05) is 37.3 Å². The van der Waals surface area contributed by atoms with Gasteiger partial charge in [-0.2, -0.15) is 0 Å². The molecule has 0 saturated heterocycles. The van der Waals surface area contributed by atoms with Crippen molar-refractivity contribution < 1.29 is 4.79 Å². The summed E-state index contributed by atoms with van der Waals surface area (Å²) >= 11 is 0. The van der Waals surface area contributed by atoms with Crippen LogP contribution in [0, 0.1) is 0 Å². The Labute approximate surface area is 85.5 Å². The minimum absolute atomic E-state index is 0.0394. The van der Waals surface area contributed by atoms with Crippen molar-refractivity contribution in [1.29, 1.82) is 0 Å². The van der Waals surface area contributed by atoms with Crippen molar-refractivity contribution in [1.82, 2.24) is 4.90 Å². The molecule has 0 radical (unpaired) electrons. The van der Waals surface area contributed by atoms with Crippen LogP contribution in [0.25, 0.3) is 0 Å². The van der Waals surface area contributed by atoms with Crippen LogP contribution in [-0.2, 0) is 0 Å². The molecule has 0 spiro atoms. The third kappa shape index (κ3) is 2.42. The quantitative estimate of drug-likeness (QED) is 0.680. The molecule has 0 amide bonds. The monoisotopic (exact) mass is 191 g/mol. The van der Waals surface area contributed by atoms with E-state index in [2.05, 4.69) is 6.92 Å². The summed E-state index contributed by atoms with van der Waals surface area (Å²) in [4.78, 5) is 13.9. The molecule has 0 unspecified atom stereocenters. The zero-order valence-electron chi connectivity index (χ0n) is 9.03. The van der Waals surface area contributed by atoms with Crippen molar-refractivity contribution in [2.75, 3.05) is 13.6 Å². The van der Waals surface area contributed by atoms with Gasteiger partial charge in [0, 0.05) is 5.56 Å². The highest BCUT2D eigenvalue weighted by Crippen LogP contribution is 2.06. The number of carbonyl (C=O) groups excluding carboxylic acids is 1. The molecule has 0 heterocycles. The number of rotatable bonds is 4. The van der Waals surface area contributed by atoms with E-state index in [-0.39, 0.29) is 11.8 Å². The largest absolute Gasteiger partial charge is 0.297 e. The van der Waals surface area contributed by atoms with Crippen molar-refractivity contribution in [2.24, 2.45) is 0 Å². The standard InChI is InChI=1S/C12H17NO/c1-4-13(3)10(2)12(14)11-8-6-5-7-9-11/h5-10H,4H2,1-3H3/t10-/m1/s1. The molecule has 0 aliphatic carbocycles. The molecular formula is C12H17NO. The number of likely N-dealkylation sites (N-methyl/N-ethyl adjacent to an activating group) is 1. The normalized spacial score (nSPS) is 12.9. The second-order valence-electron chi connectivity index (χ2n) is 3.48. The lowest BCUT2D eigenvalue weighted by atomic mass is 10.0. The van der Waals surface area contributed by atoms with Gasteiger partial charge in [-0.3, -0.25) is 9.69 Å². The summed E-state index contributed by atoms with van der Waals surface area (Å²) in [5, 5.41) is 0. The van der Waals surface area contributed by atoms with Gasteiger partial charge < -0.3 is 0 Å². The second-order valence-corrected chi connectivity index (χ2v) is 3.48. The average Bonchev–Trinajstić information content (AvgIpc) is 2.27. The van der Waals surface area contributed by atoms with Crippen molar-refractivity contribution in [3.63, 3.8) is 0 Å². The number of nitrogens with zero attached hydrogens (tertiary/aromatic N) is 1. The van der Waals surface area contributed by atoms with Crippen LogP contribution < -0.4 is 0 Å². The van der Waals surface area contributed by atoms with Crippen LogP contribution in [0.3, 0.4) is 0 Å². The van der Waals surface area contributed by atoms with Crippen LogP contribution in [0.2, 0.25) is 0 Å². The topological polar surface area (TPSA) is 20.3 Å². The lowest BCUT2D eigenvalue weighted by Crippen LogP contribution is -2.35. The van der Waals surface area contributed by atoms with Crippen molar-refractivity contribution in [3.05, 3.63) is 35.9 Å². The van der Waals surface area contributed by atoms with Crippen molar-refractivity contribution in [3.8, 4) is 0 Å². The lowest BCUT2D eigenvalue weighted by molar-refractivity contribution is 0.0874. The maximum absolute atomic E-state index is 11.9. The minimum atomic E-state index is -0.0394. The first-order valence-electron chi connectivity index (χ1n) is 4.96. The number of benzene rings is 1. The molecule has 76 valence electrons. The van der Waals surface area contributed by atoms with Gasteiger partial charge in [0.1, 0.15) is 0 Å². The Kier molecular flexibility index (Phi) is 3.84. The van der Waals surface area contributed by atoms with Gasteiger partial charge in [-0.15, -0.1) is 0 Å². The molecule has 0 N–H and O–H groups in total. The van der Waals surface area contributed by atoms with Crippen LogP contribution in [0.15, 0.2) is 30.3 Å². The Hall–Kier alpha value is -1.15. The van der Waals surface area contributed by atoms with Crippen molar-refractivity contribution >= 4 is 5.78 Å².